The molecule has 0 aromatic carbocycles. The van der Waals surface area contributed by atoms with E-state index in [1.54, 1.807) is 5.32 Å². The smallest absolute Gasteiger partial charge is 0.459 e. The molecule has 0 saturated carbocycles. The fourth-order valence-electron chi connectivity index (χ4n) is 3.55. The summed E-state index contributed by atoms with van der Waals surface area (Å²) in [5, 5.41) is 25.2. The van der Waals surface area contributed by atoms with Gasteiger partial charge in [-0.3, -0.25) is 14.4 Å². The van der Waals surface area contributed by atoms with Crippen LogP contribution in [-0.2, 0) is 23.9 Å². The zero-order valence-corrected chi connectivity index (χ0v) is 19.9. The minimum atomic E-state index is -4.92. The standard InChI is InChI=1S/C22H27F3N4O8/c1-14(31)36-16-11-20(37-17(16)13-30)28-12-15(10-19(28)29(34)35)6-5-9-26-18(32)7-3-2-4-8-27-21(33)22(23,24)25/h10,12,16-17,20,30H,2-4,7-9,11,13H2,1H3,(H,26,32)(H,27,33)/t16-,17+,20+/m0/s1. The maximum absolute atomic E-state index is 12.1. The quantitative estimate of drug-likeness (QED) is 0.126. The van der Waals surface area contributed by atoms with Crippen molar-refractivity contribution in [1.82, 2.24) is 15.2 Å². The summed E-state index contributed by atoms with van der Waals surface area (Å²) in [6.07, 6.45) is -4.65. The van der Waals surface area contributed by atoms with Crippen molar-refractivity contribution in [2.24, 2.45) is 0 Å². The van der Waals surface area contributed by atoms with Gasteiger partial charge in [0.05, 0.1) is 31.2 Å². The first-order chi connectivity index (χ1) is 17.4. The molecule has 12 nitrogen and oxygen atoms in total. The number of carbonyl (C=O) groups is 3. The number of nitrogens with zero attached hydrogens (tertiary/aromatic N) is 2. The average Bonchev–Trinajstić information content (AvgIpc) is 3.41. The molecule has 1 aliphatic heterocycles. The molecule has 2 amide bonds. The van der Waals surface area contributed by atoms with Crippen LogP contribution in [0.15, 0.2) is 12.3 Å². The van der Waals surface area contributed by atoms with Gasteiger partial charge in [0.15, 0.2) is 0 Å². The second-order valence-electron chi connectivity index (χ2n) is 8.09. The molecular formula is C22H27F3N4O8. The lowest BCUT2D eigenvalue weighted by atomic mass is 10.2. The van der Waals surface area contributed by atoms with Gasteiger partial charge in [0.1, 0.15) is 18.4 Å². The third-order valence-corrected chi connectivity index (χ3v) is 5.23. The van der Waals surface area contributed by atoms with Gasteiger partial charge in [0.2, 0.25) is 12.1 Å². The van der Waals surface area contributed by atoms with E-state index in [2.05, 4.69) is 17.2 Å². The lowest BCUT2D eigenvalue weighted by molar-refractivity contribution is -0.393. The number of alkyl halides is 3. The van der Waals surface area contributed by atoms with Gasteiger partial charge >= 0.3 is 23.9 Å². The number of esters is 1. The summed E-state index contributed by atoms with van der Waals surface area (Å²) in [6, 6.07) is 1.23. The predicted octanol–water partition coefficient (Wildman–Crippen LogP) is 1.31. The van der Waals surface area contributed by atoms with E-state index in [-0.39, 0.29) is 49.6 Å². The average molecular weight is 532 g/mol. The van der Waals surface area contributed by atoms with Gasteiger partial charge in [0, 0.05) is 19.9 Å². The molecule has 15 heteroatoms. The van der Waals surface area contributed by atoms with Gasteiger partial charge < -0.3 is 35.3 Å². The summed E-state index contributed by atoms with van der Waals surface area (Å²) in [5.41, 5.74) is 0.280. The van der Waals surface area contributed by atoms with Crippen LogP contribution in [0.25, 0.3) is 0 Å². The Labute approximate surface area is 209 Å². The highest BCUT2D eigenvalue weighted by Gasteiger charge is 2.42. The molecule has 1 fully saturated rings. The van der Waals surface area contributed by atoms with E-state index in [0.717, 1.165) is 0 Å². The van der Waals surface area contributed by atoms with E-state index in [0.29, 0.717) is 12.8 Å². The van der Waals surface area contributed by atoms with Crippen LogP contribution in [0.4, 0.5) is 19.0 Å². The predicted molar refractivity (Wildman–Crippen MR) is 120 cm³/mol. The van der Waals surface area contributed by atoms with Gasteiger partial charge in [-0.05, 0) is 17.8 Å². The van der Waals surface area contributed by atoms with Gasteiger partial charge in [0.25, 0.3) is 0 Å². The van der Waals surface area contributed by atoms with Crippen LogP contribution in [-0.4, -0.2) is 70.5 Å². The highest BCUT2D eigenvalue weighted by Crippen LogP contribution is 2.34. The first-order valence-corrected chi connectivity index (χ1v) is 11.3. The number of rotatable bonds is 11. The Kier molecular flexibility index (Phi) is 10.9. The van der Waals surface area contributed by atoms with Crippen LogP contribution >= 0.6 is 0 Å². The zero-order valence-electron chi connectivity index (χ0n) is 19.9. The topological polar surface area (TPSA) is 162 Å². The molecule has 204 valence electrons. The van der Waals surface area contributed by atoms with Crippen molar-refractivity contribution in [1.29, 1.82) is 0 Å². The lowest BCUT2D eigenvalue weighted by Gasteiger charge is -2.14. The van der Waals surface area contributed by atoms with Gasteiger partial charge in [-0.25, -0.2) is 4.57 Å². The number of aromatic nitrogens is 1. The number of hydrogen-bond donors (Lipinski definition) is 3. The maximum Gasteiger partial charge on any atom is 0.471 e. The molecular weight excluding hydrogens is 505 g/mol. The number of nitro groups is 1. The largest absolute Gasteiger partial charge is 0.471 e. The number of carbonyl (C=O) groups excluding carboxylic acids is 3. The number of nitrogens with one attached hydrogen (secondary N) is 2. The van der Waals surface area contributed by atoms with Crippen LogP contribution in [0.5, 0.6) is 0 Å². The second-order valence-corrected chi connectivity index (χ2v) is 8.09. The minimum Gasteiger partial charge on any atom is -0.459 e. The summed E-state index contributed by atoms with van der Waals surface area (Å²) >= 11 is 0. The van der Waals surface area contributed by atoms with Crippen molar-refractivity contribution >= 4 is 23.6 Å². The summed E-state index contributed by atoms with van der Waals surface area (Å²) in [6.45, 7) is 0.578. The van der Waals surface area contributed by atoms with Crippen molar-refractivity contribution in [3.8, 4) is 11.8 Å². The number of aliphatic hydroxyl groups excluding tert-OH is 1. The number of amides is 2. The molecule has 3 N–H and O–H groups in total. The highest BCUT2D eigenvalue weighted by atomic mass is 19.4. The van der Waals surface area contributed by atoms with E-state index < -0.39 is 48.0 Å². The number of halogens is 3. The van der Waals surface area contributed by atoms with E-state index in [4.69, 9.17) is 9.47 Å². The molecule has 0 spiro atoms. The van der Waals surface area contributed by atoms with Crippen LogP contribution < -0.4 is 10.6 Å². The first-order valence-electron chi connectivity index (χ1n) is 11.3. The van der Waals surface area contributed by atoms with Gasteiger partial charge in [-0.15, -0.1) is 0 Å². The zero-order chi connectivity index (χ0) is 27.6. The Morgan fingerprint density at radius 3 is 2.65 bits per heavy atom. The van der Waals surface area contributed by atoms with Crippen molar-refractivity contribution in [3.05, 3.63) is 27.9 Å². The van der Waals surface area contributed by atoms with Crippen molar-refractivity contribution in [2.75, 3.05) is 19.7 Å². The SMILES string of the molecule is CC(=O)O[C@H]1C[C@H](n2cc(C#CCNC(=O)CCCCCNC(=O)C(F)(F)F)cc2[N+](=O)[O-])O[C@@H]1CO. The normalized spacial score (nSPS) is 19.0. The number of ether oxygens (including phenoxy) is 2. The molecule has 37 heavy (non-hydrogen) atoms. The monoisotopic (exact) mass is 532 g/mol. The number of unbranched alkanes of at least 4 members (excludes halogenated alkanes) is 2. The van der Waals surface area contributed by atoms with Crippen LogP contribution in [0.3, 0.4) is 0 Å². The van der Waals surface area contributed by atoms with E-state index >= 15 is 0 Å². The van der Waals surface area contributed by atoms with E-state index in [9.17, 15) is 42.8 Å². The fourth-order valence-corrected chi connectivity index (χ4v) is 3.55. The van der Waals surface area contributed by atoms with Crippen molar-refractivity contribution < 1.29 is 47.1 Å². The maximum atomic E-state index is 12.1. The molecule has 1 saturated heterocycles. The summed E-state index contributed by atoms with van der Waals surface area (Å²) < 4.78 is 48.1. The molecule has 0 aliphatic carbocycles. The Hall–Kier alpha value is -3.64. The van der Waals surface area contributed by atoms with Crippen LogP contribution in [0.2, 0.25) is 0 Å². The lowest BCUT2D eigenvalue weighted by Crippen LogP contribution is -2.37. The summed E-state index contributed by atoms with van der Waals surface area (Å²) in [5.74, 6) is 2.16. The molecule has 1 aromatic rings. The van der Waals surface area contributed by atoms with Crippen LogP contribution in [0, 0.1) is 22.0 Å². The second kappa shape index (κ2) is 13.6. The Morgan fingerprint density at radius 1 is 1.30 bits per heavy atom. The molecule has 2 rings (SSSR count). The molecule has 2 heterocycles. The Morgan fingerprint density at radius 2 is 2.03 bits per heavy atom. The molecule has 3 atom stereocenters. The molecule has 1 aliphatic rings. The van der Waals surface area contributed by atoms with Gasteiger partial charge in [-0.2, -0.15) is 13.2 Å². The molecule has 0 unspecified atom stereocenters. The highest BCUT2D eigenvalue weighted by molar-refractivity contribution is 5.81. The van der Waals surface area contributed by atoms with Crippen molar-refractivity contribution in [2.45, 2.75) is 63.6 Å². The summed E-state index contributed by atoms with van der Waals surface area (Å²) in [7, 11) is 0. The van der Waals surface area contributed by atoms with Crippen LogP contribution in [0.1, 0.15) is 50.8 Å². The molecule has 1 aromatic heterocycles. The van der Waals surface area contributed by atoms with Gasteiger partial charge in [-0.1, -0.05) is 18.3 Å². The Balaban J connectivity index is 1.81. The van der Waals surface area contributed by atoms with E-state index in [1.165, 1.54) is 23.8 Å². The van der Waals surface area contributed by atoms with E-state index in [1.807, 2.05) is 0 Å². The molecule has 0 bridgehead atoms. The van der Waals surface area contributed by atoms with Crippen molar-refractivity contribution in [3.63, 3.8) is 0 Å². The third kappa shape index (κ3) is 9.39. The molecule has 0 radical (unpaired) electrons. The first kappa shape index (κ1) is 29.6. The Bertz CT molecular complexity index is 1050. The number of hydrogen-bond acceptors (Lipinski definition) is 8. The third-order valence-electron chi connectivity index (χ3n) is 5.23. The minimum absolute atomic E-state index is 0.0412. The fraction of sp³-hybridized carbons (Fsp3) is 0.591. The number of aliphatic hydroxyl groups is 1. The summed E-state index contributed by atoms with van der Waals surface area (Å²) in [4.78, 5) is 44.6.